The van der Waals surface area contributed by atoms with E-state index in [9.17, 15) is 9.59 Å². The Labute approximate surface area is 287 Å². The number of nitrogens with zero attached hydrogens (tertiary/aromatic N) is 5. The molecular weight excluding hydrogens is 645 g/mol. The summed E-state index contributed by atoms with van der Waals surface area (Å²) in [5.41, 5.74) is 6.46. The lowest BCUT2D eigenvalue weighted by molar-refractivity contribution is -0.130. The molecule has 0 spiro atoms. The van der Waals surface area contributed by atoms with Gasteiger partial charge >= 0.3 is 0 Å². The normalized spacial score (nSPS) is 14.1. The maximum absolute atomic E-state index is 13.9. The molecule has 2 amide bonds. The number of aryl methyl sites for hydroxylation is 3. The van der Waals surface area contributed by atoms with E-state index in [1.54, 1.807) is 41.7 Å². The van der Waals surface area contributed by atoms with E-state index in [-0.39, 0.29) is 30.2 Å². The summed E-state index contributed by atoms with van der Waals surface area (Å²) in [4.78, 5) is 28.1. The quantitative estimate of drug-likeness (QED) is 0.155. The smallest absolute Gasteiger partial charge is 0.253 e. The fourth-order valence-electron chi connectivity index (χ4n) is 5.52. The number of hydrazone groups is 1. The van der Waals surface area contributed by atoms with Gasteiger partial charge in [-0.2, -0.15) is 5.10 Å². The van der Waals surface area contributed by atoms with E-state index < -0.39 is 0 Å². The van der Waals surface area contributed by atoms with Crippen molar-refractivity contribution in [2.45, 2.75) is 44.9 Å². The van der Waals surface area contributed by atoms with Gasteiger partial charge in [-0.05, 0) is 73.2 Å². The van der Waals surface area contributed by atoms with Crippen LogP contribution in [0.3, 0.4) is 0 Å². The van der Waals surface area contributed by atoms with Crippen LogP contribution in [0.5, 0.6) is 11.5 Å². The van der Waals surface area contributed by atoms with Gasteiger partial charge in [0.2, 0.25) is 0 Å². The highest BCUT2D eigenvalue weighted by Gasteiger charge is 2.33. The van der Waals surface area contributed by atoms with Crippen LogP contribution < -0.4 is 14.8 Å². The third kappa shape index (κ3) is 6.99. The molecule has 48 heavy (non-hydrogen) atoms. The van der Waals surface area contributed by atoms with Gasteiger partial charge in [-0.25, -0.2) is 5.01 Å². The summed E-state index contributed by atoms with van der Waals surface area (Å²) in [5, 5.41) is 20.9. The highest BCUT2D eigenvalue weighted by Crippen LogP contribution is 2.35. The van der Waals surface area contributed by atoms with Crippen molar-refractivity contribution in [1.82, 2.24) is 25.1 Å². The minimum atomic E-state index is -0.300. The molecule has 0 aliphatic carbocycles. The molecule has 0 fully saturated rings. The zero-order chi connectivity index (χ0) is 33.8. The molecule has 3 heterocycles. The van der Waals surface area contributed by atoms with Gasteiger partial charge in [0.05, 0.1) is 48.8 Å². The molecule has 0 saturated heterocycles. The molecule has 1 N–H and O–H groups in total. The summed E-state index contributed by atoms with van der Waals surface area (Å²) < 4.78 is 12.6. The Morgan fingerprint density at radius 1 is 0.938 bits per heavy atom. The van der Waals surface area contributed by atoms with Gasteiger partial charge < -0.3 is 14.8 Å². The number of aromatic nitrogens is 3. The number of carbonyl (C=O) groups excluding carboxylic acids is 2. The van der Waals surface area contributed by atoms with E-state index in [1.807, 2.05) is 55.0 Å². The number of methoxy groups -OCH3 is 2. The van der Waals surface area contributed by atoms with Crippen LogP contribution in [0.2, 0.25) is 0 Å². The van der Waals surface area contributed by atoms with Crippen LogP contribution in [0, 0.1) is 20.8 Å². The monoisotopic (exact) mass is 680 g/mol. The second-order valence-corrected chi connectivity index (χ2v) is 13.3. The standard InChI is InChI=1S/C36H36N6O4S2/c1-22-9-12-25(13-10-22)29-19-27(32-7-6-16-47-32)40-42(29)34(43)21-48-36-39-38-33(41(36)28-17-23(2)8-11-24(28)3)20-37-35(44)26-14-15-30(45-4)31(18-26)46-5/h6-18,29H,19-21H2,1-5H3,(H,37,44). The molecule has 0 saturated carbocycles. The minimum absolute atomic E-state index is 0.102. The second-order valence-electron chi connectivity index (χ2n) is 11.5. The largest absolute Gasteiger partial charge is 0.493 e. The van der Waals surface area contributed by atoms with Crippen LogP contribution in [0.15, 0.2) is 88.4 Å². The Balaban J connectivity index is 1.25. The van der Waals surface area contributed by atoms with Crippen molar-refractivity contribution in [3.05, 3.63) is 117 Å². The minimum Gasteiger partial charge on any atom is -0.493 e. The second kappa shape index (κ2) is 14.4. The van der Waals surface area contributed by atoms with Crippen molar-refractivity contribution >= 4 is 40.6 Å². The number of rotatable bonds is 11. The van der Waals surface area contributed by atoms with E-state index in [2.05, 4.69) is 45.8 Å². The first-order valence-corrected chi connectivity index (χ1v) is 17.3. The molecule has 3 aromatic carbocycles. The highest BCUT2D eigenvalue weighted by molar-refractivity contribution is 7.99. The number of amides is 2. The average Bonchev–Trinajstić information content (AvgIpc) is 3.88. The van der Waals surface area contributed by atoms with E-state index in [4.69, 9.17) is 14.6 Å². The molecule has 0 bridgehead atoms. The lowest BCUT2D eigenvalue weighted by Gasteiger charge is -2.22. The molecule has 2 aromatic heterocycles. The van der Waals surface area contributed by atoms with Gasteiger partial charge in [0, 0.05) is 12.0 Å². The Hall–Kier alpha value is -4.94. The Kier molecular flexibility index (Phi) is 9.93. The summed E-state index contributed by atoms with van der Waals surface area (Å²) in [6.07, 6.45) is 0.641. The molecular formula is C36H36N6O4S2. The molecule has 246 valence electrons. The van der Waals surface area contributed by atoms with Gasteiger partial charge in [-0.3, -0.25) is 14.2 Å². The Morgan fingerprint density at radius 3 is 2.44 bits per heavy atom. The van der Waals surface area contributed by atoms with E-state index in [0.717, 1.165) is 38.5 Å². The average molecular weight is 681 g/mol. The maximum atomic E-state index is 13.9. The van der Waals surface area contributed by atoms with Gasteiger partial charge in [0.1, 0.15) is 0 Å². The fourth-order valence-corrected chi connectivity index (χ4v) is 7.06. The lowest BCUT2D eigenvalue weighted by Crippen LogP contribution is -2.28. The number of ether oxygens (including phenoxy) is 2. The van der Waals surface area contributed by atoms with Crippen LogP contribution in [-0.4, -0.2) is 57.3 Å². The summed E-state index contributed by atoms with van der Waals surface area (Å²) in [7, 11) is 3.07. The molecule has 1 unspecified atom stereocenters. The first-order chi connectivity index (χ1) is 23.2. The zero-order valence-electron chi connectivity index (χ0n) is 27.4. The zero-order valence-corrected chi connectivity index (χ0v) is 29.0. The van der Waals surface area contributed by atoms with Crippen LogP contribution in [0.4, 0.5) is 0 Å². The van der Waals surface area contributed by atoms with Crippen molar-refractivity contribution in [2.75, 3.05) is 20.0 Å². The van der Waals surface area contributed by atoms with Crippen molar-refractivity contribution in [3.63, 3.8) is 0 Å². The molecule has 1 atom stereocenters. The maximum Gasteiger partial charge on any atom is 0.253 e. The van der Waals surface area contributed by atoms with E-state index in [0.29, 0.717) is 34.5 Å². The molecule has 0 radical (unpaired) electrons. The molecule has 5 aromatic rings. The van der Waals surface area contributed by atoms with Crippen LogP contribution >= 0.6 is 23.1 Å². The van der Waals surface area contributed by atoms with Gasteiger partial charge in [0.15, 0.2) is 22.5 Å². The summed E-state index contributed by atoms with van der Waals surface area (Å²) >= 11 is 2.92. The number of carbonyl (C=O) groups is 2. The van der Waals surface area contributed by atoms with Gasteiger partial charge in [0.25, 0.3) is 11.8 Å². The summed E-state index contributed by atoms with van der Waals surface area (Å²) in [5.74, 6) is 1.20. The van der Waals surface area contributed by atoms with Crippen molar-refractivity contribution in [1.29, 1.82) is 0 Å². The fraction of sp³-hybridized carbons (Fsp3) is 0.250. The molecule has 12 heteroatoms. The Bertz CT molecular complexity index is 1970. The van der Waals surface area contributed by atoms with Crippen molar-refractivity contribution in [2.24, 2.45) is 5.10 Å². The van der Waals surface area contributed by atoms with Crippen LogP contribution in [0.25, 0.3) is 5.69 Å². The Morgan fingerprint density at radius 2 is 1.71 bits per heavy atom. The number of thioether (sulfide) groups is 1. The number of nitrogens with one attached hydrogen (secondary N) is 1. The van der Waals surface area contributed by atoms with E-state index >= 15 is 0 Å². The SMILES string of the molecule is COc1ccc(C(=O)NCc2nnc(SCC(=O)N3N=C(c4cccs4)CC3c3ccc(C)cc3)n2-c2cc(C)ccc2C)cc1OC. The van der Waals surface area contributed by atoms with Crippen LogP contribution in [-0.2, 0) is 11.3 Å². The topological polar surface area (TPSA) is 111 Å². The lowest BCUT2D eigenvalue weighted by atomic mass is 10.00. The van der Waals surface area contributed by atoms with E-state index in [1.165, 1.54) is 18.9 Å². The predicted octanol–water partition coefficient (Wildman–Crippen LogP) is 6.67. The highest BCUT2D eigenvalue weighted by atomic mass is 32.2. The van der Waals surface area contributed by atoms with Gasteiger partial charge in [-0.1, -0.05) is 59.8 Å². The number of hydrogen-bond donors (Lipinski definition) is 1. The third-order valence-corrected chi connectivity index (χ3v) is 9.95. The van der Waals surface area contributed by atoms with Crippen molar-refractivity contribution in [3.8, 4) is 17.2 Å². The molecule has 10 nitrogen and oxygen atoms in total. The molecule has 1 aliphatic rings. The number of benzene rings is 3. The third-order valence-electron chi connectivity index (χ3n) is 8.12. The predicted molar refractivity (Wildman–Crippen MR) is 189 cm³/mol. The van der Waals surface area contributed by atoms with Crippen LogP contribution in [0.1, 0.15) is 55.8 Å². The first kappa shape index (κ1) is 33.0. The number of thiophene rings is 1. The first-order valence-electron chi connectivity index (χ1n) is 15.4. The molecule has 6 rings (SSSR count). The summed E-state index contributed by atoms with van der Waals surface area (Å²) in [6, 6.07) is 23.2. The van der Waals surface area contributed by atoms with Gasteiger partial charge in [-0.15, -0.1) is 21.5 Å². The van der Waals surface area contributed by atoms with Crippen molar-refractivity contribution < 1.29 is 19.1 Å². The summed E-state index contributed by atoms with van der Waals surface area (Å²) in [6.45, 7) is 6.19. The number of hydrogen-bond acceptors (Lipinski definition) is 9. The molecule has 1 aliphatic heterocycles.